The molecule has 0 aliphatic rings. The Morgan fingerprint density at radius 2 is 1.33 bits per heavy atom. The van der Waals surface area contributed by atoms with Gasteiger partial charge < -0.3 is 18.7 Å². The normalized spacial score (nSPS) is 15.2. The lowest BCUT2D eigenvalue weighted by atomic mass is 9.94. The van der Waals surface area contributed by atoms with Crippen LogP contribution in [-0.4, -0.2) is 54.1 Å². The molecule has 43 heavy (non-hydrogen) atoms. The molecule has 2 aromatic rings. The number of hydrogen-bond donors (Lipinski definition) is 1. The fourth-order valence-electron chi connectivity index (χ4n) is 4.97. The van der Waals surface area contributed by atoms with Gasteiger partial charge >= 0.3 is 5.97 Å². The summed E-state index contributed by atoms with van der Waals surface area (Å²) in [4.78, 5) is 12.5. The van der Waals surface area contributed by atoms with Gasteiger partial charge in [0.1, 0.15) is 0 Å². The first kappa shape index (κ1) is 36.9. The predicted octanol–water partition coefficient (Wildman–Crippen LogP) is 7.26. The van der Waals surface area contributed by atoms with E-state index in [0.717, 1.165) is 0 Å². The Bertz CT molecular complexity index is 1150. The van der Waals surface area contributed by atoms with E-state index < -0.39 is 34.6 Å². The number of esters is 1. The third-order valence-electron chi connectivity index (χ3n) is 8.66. The number of ether oxygens (including phenoxy) is 1. The number of aliphatic hydroxyl groups excluding tert-OH is 1. The molecular formula is C36H56O5Si2. The molecule has 2 rings (SSSR count). The lowest BCUT2D eigenvalue weighted by molar-refractivity contribution is -0.149. The van der Waals surface area contributed by atoms with Crippen molar-refractivity contribution in [3.05, 3.63) is 85.0 Å². The number of rotatable bonds is 14. The summed E-state index contributed by atoms with van der Waals surface area (Å²) in [5, 5.41) is 13.4. The lowest BCUT2D eigenvalue weighted by Gasteiger charge is -2.44. The van der Waals surface area contributed by atoms with Crippen molar-refractivity contribution in [1.29, 1.82) is 0 Å². The molecule has 0 heterocycles. The third kappa shape index (κ3) is 9.85. The molecule has 0 fully saturated rings. The predicted molar refractivity (Wildman–Crippen MR) is 185 cm³/mol. The summed E-state index contributed by atoms with van der Waals surface area (Å²) in [6, 6.07) is 21.3. The van der Waals surface area contributed by atoms with Crippen LogP contribution in [0.4, 0.5) is 0 Å². The molecule has 0 saturated carbocycles. The number of methoxy groups -OCH3 is 1. The van der Waals surface area contributed by atoms with Gasteiger partial charge in [-0.25, -0.2) is 0 Å². The summed E-state index contributed by atoms with van der Waals surface area (Å²) in [6.07, 6.45) is 6.91. The van der Waals surface area contributed by atoms with E-state index in [2.05, 4.69) is 135 Å². The maximum atomic E-state index is 12.5. The summed E-state index contributed by atoms with van der Waals surface area (Å²) in [5.41, 5.74) is -0.277. The van der Waals surface area contributed by atoms with E-state index in [1.807, 2.05) is 6.08 Å². The zero-order valence-corrected chi connectivity index (χ0v) is 30.4. The van der Waals surface area contributed by atoms with E-state index in [9.17, 15) is 9.90 Å². The lowest BCUT2D eigenvalue weighted by Crippen LogP contribution is -2.67. The molecule has 0 radical (unpaired) electrons. The van der Waals surface area contributed by atoms with Crippen molar-refractivity contribution < 1.29 is 23.5 Å². The zero-order valence-electron chi connectivity index (χ0n) is 28.4. The summed E-state index contributed by atoms with van der Waals surface area (Å²) in [5.74, 6) is -1.12. The second-order valence-electron chi connectivity index (χ2n) is 14.7. The monoisotopic (exact) mass is 624 g/mol. The van der Waals surface area contributed by atoms with Crippen molar-refractivity contribution in [2.45, 2.75) is 91.1 Å². The SMILES string of the molecule is COC(=O)[C@@H](CCO[Si](C)(C)C(C)(C)C)[C@@H](O)/C=C/C=C/C(C)(C)CO[Si](c1ccccc1)(c1ccccc1)C(C)(C)C. The Morgan fingerprint density at radius 1 is 0.814 bits per heavy atom. The van der Waals surface area contributed by atoms with Crippen LogP contribution in [0.1, 0.15) is 61.8 Å². The van der Waals surface area contributed by atoms with Gasteiger partial charge in [0.2, 0.25) is 0 Å². The topological polar surface area (TPSA) is 65.0 Å². The zero-order chi connectivity index (χ0) is 32.5. The second-order valence-corrected chi connectivity index (χ2v) is 23.8. The molecule has 1 N–H and O–H groups in total. The van der Waals surface area contributed by atoms with Crippen LogP contribution >= 0.6 is 0 Å². The smallest absolute Gasteiger partial charge is 0.311 e. The molecule has 5 nitrogen and oxygen atoms in total. The molecular weight excluding hydrogens is 569 g/mol. The molecule has 0 spiro atoms. The Morgan fingerprint density at radius 3 is 1.77 bits per heavy atom. The van der Waals surface area contributed by atoms with Crippen LogP contribution in [-0.2, 0) is 18.4 Å². The van der Waals surface area contributed by atoms with Crippen molar-refractivity contribution in [2.24, 2.45) is 11.3 Å². The number of carbonyl (C=O) groups excluding carboxylic acids is 1. The Hall–Kier alpha value is -2.30. The first-order valence-corrected chi connectivity index (χ1v) is 20.2. The fraction of sp³-hybridized carbons (Fsp3) is 0.528. The second kappa shape index (κ2) is 15.1. The van der Waals surface area contributed by atoms with Crippen molar-refractivity contribution in [3.8, 4) is 0 Å². The molecule has 0 aliphatic heterocycles. The average molecular weight is 625 g/mol. The number of hydrogen-bond acceptors (Lipinski definition) is 5. The van der Waals surface area contributed by atoms with E-state index in [1.54, 1.807) is 12.2 Å². The highest BCUT2D eigenvalue weighted by Gasteiger charge is 2.50. The molecule has 0 aliphatic carbocycles. The van der Waals surface area contributed by atoms with E-state index in [4.69, 9.17) is 13.6 Å². The number of allylic oxidation sites excluding steroid dienone is 2. The standard InChI is InChI=1S/C36H56O5Si2/c1-34(2,3)42(10,11)40-27-25-31(33(38)39-9)32(37)24-18-19-26-36(7,8)28-41-43(35(4,5)6,29-20-14-12-15-21-29)30-22-16-13-17-23-30/h12-24,26,31-32,37H,25,27-28H2,1-11H3/b24-18+,26-19+/t31-,32-/m0/s1. The number of aliphatic hydroxyl groups is 1. The third-order valence-corrected chi connectivity index (χ3v) is 18.2. The molecule has 2 aromatic carbocycles. The molecule has 0 saturated heterocycles. The highest BCUT2D eigenvalue weighted by molar-refractivity contribution is 6.99. The molecule has 0 unspecified atom stereocenters. The molecule has 2 atom stereocenters. The van der Waals surface area contributed by atoms with E-state index in [1.165, 1.54) is 17.5 Å². The molecule has 0 aromatic heterocycles. The highest BCUT2D eigenvalue weighted by Crippen LogP contribution is 2.38. The van der Waals surface area contributed by atoms with Crippen LogP contribution in [0, 0.1) is 11.3 Å². The minimum atomic E-state index is -2.65. The van der Waals surface area contributed by atoms with E-state index in [-0.39, 0.29) is 15.5 Å². The van der Waals surface area contributed by atoms with Gasteiger partial charge in [-0.2, -0.15) is 0 Å². The Kier molecular flexibility index (Phi) is 13.0. The summed E-state index contributed by atoms with van der Waals surface area (Å²) in [6.45, 7) is 23.0. The van der Waals surface area contributed by atoms with E-state index >= 15 is 0 Å². The molecule has 238 valence electrons. The van der Waals surface area contributed by atoms with Gasteiger partial charge in [-0.1, -0.05) is 140 Å². The van der Waals surface area contributed by atoms with Gasteiger partial charge in [-0.3, -0.25) is 4.79 Å². The first-order chi connectivity index (χ1) is 19.9. The van der Waals surface area contributed by atoms with Crippen molar-refractivity contribution >= 4 is 33.0 Å². The van der Waals surface area contributed by atoms with Crippen LogP contribution in [0.25, 0.3) is 0 Å². The average Bonchev–Trinajstić information content (AvgIpc) is 2.93. The van der Waals surface area contributed by atoms with Crippen LogP contribution in [0.2, 0.25) is 23.2 Å². The summed E-state index contributed by atoms with van der Waals surface area (Å²) in [7, 11) is -3.24. The molecule has 0 bridgehead atoms. The number of benzene rings is 2. The van der Waals surface area contributed by atoms with Crippen molar-refractivity contribution in [3.63, 3.8) is 0 Å². The van der Waals surface area contributed by atoms with Crippen molar-refractivity contribution in [1.82, 2.24) is 0 Å². The summed E-state index contributed by atoms with van der Waals surface area (Å²) >= 11 is 0. The van der Waals surface area contributed by atoms with Gasteiger partial charge in [0.15, 0.2) is 8.32 Å². The maximum absolute atomic E-state index is 12.5. The molecule has 0 amide bonds. The quantitative estimate of drug-likeness (QED) is 0.136. The van der Waals surface area contributed by atoms with Gasteiger partial charge in [0.25, 0.3) is 8.32 Å². The maximum Gasteiger partial charge on any atom is 0.311 e. The minimum Gasteiger partial charge on any atom is -0.469 e. The van der Waals surface area contributed by atoms with E-state index in [0.29, 0.717) is 19.6 Å². The van der Waals surface area contributed by atoms with Crippen LogP contribution < -0.4 is 10.4 Å². The number of carbonyl (C=O) groups is 1. The largest absolute Gasteiger partial charge is 0.469 e. The summed E-state index contributed by atoms with van der Waals surface area (Å²) < 4.78 is 18.4. The Balaban J connectivity index is 2.19. The van der Waals surface area contributed by atoms with Gasteiger partial charge in [0.05, 0.1) is 19.1 Å². The molecule has 7 heteroatoms. The Labute approximate surface area is 263 Å². The highest BCUT2D eigenvalue weighted by atomic mass is 28.4. The van der Waals surface area contributed by atoms with Crippen LogP contribution in [0.5, 0.6) is 0 Å². The van der Waals surface area contributed by atoms with Gasteiger partial charge in [-0.15, -0.1) is 0 Å². The van der Waals surface area contributed by atoms with Gasteiger partial charge in [-0.05, 0) is 40.0 Å². The van der Waals surface area contributed by atoms with Crippen LogP contribution in [0.15, 0.2) is 85.0 Å². The first-order valence-electron chi connectivity index (χ1n) is 15.4. The van der Waals surface area contributed by atoms with Gasteiger partial charge in [0, 0.05) is 18.6 Å². The van der Waals surface area contributed by atoms with Crippen LogP contribution in [0.3, 0.4) is 0 Å². The minimum absolute atomic E-state index is 0.0742. The van der Waals surface area contributed by atoms with Crippen molar-refractivity contribution in [2.75, 3.05) is 20.3 Å². The fourth-order valence-corrected chi connectivity index (χ4v) is 10.8.